The molecule has 1 saturated heterocycles. The third kappa shape index (κ3) is 1.92. The van der Waals surface area contributed by atoms with Crippen molar-refractivity contribution >= 4 is 5.82 Å². The fraction of sp³-hybridized carbons (Fsp3) is 0.786. The van der Waals surface area contributed by atoms with Gasteiger partial charge in [0.25, 0.3) is 0 Å². The van der Waals surface area contributed by atoms with Gasteiger partial charge in [0.05, 0.1) is 0 Å². The molecule has 1 aliphatic heterocycles. The predicted molar refractivity (Wildman–Crippen MR) is 74.1 cm³/mol. The maximum atomic E-state index is 5.98. The lowest BCUT2D eigenvalue weighted by atomic mass is 9.82. The molecule has 18 heavy (non-hydrogen) atoms. The van der Waals surface area contributed by atoms with Crippen molar-refractivity contribution in [2.45, 2.75) is 57.4 Å². The first-order chi connectivity index (χ1) is 8.66. The first-order valence-corrected chi connectivity index (χ1v) is 7.25. The van der Waals surface area contributed by atoms with Crippen LogP contribution in [-0.4, -0.2) is 29.3 Å². The second kappa shape index (κ2) is 4.57. The standard InChI is InChI=1S/C14H24N4/c1-9-3-4-10(2)13-12(9)14(17-16-13)18-7-5-11(15)6-8-18/h9-11H,3-8,15H2,1-2H3,(H,16,17). The molecular weight excluding hydrogens is 224 g/mol. The summed E-state index contributed by atoms with van der Waals surface area (Å²) in [6.07, 6.45) is 4.74. The minimum atomic E-state index is 0.382. The Morgan fingerprint density at radius 2 is 1.78 bits per heavy atom. The van der Waals surface area contributed by atoms with Crippen molar-refractivity contribution < 1.29 is 0 Å². The van der Waals surface area contributed by atoms with E-state index in [2.05, 4.69) is 28.9 Å². The molecule has 4 nitrogen and oxygen atoms in total. The molecule has 3 rings (SSSR count). The Morgan fingerprint density at radius 3 is 2.50 bits per heavy atom. The average molecular weight is 248 g/mol. The topological polar surface area (TPSA) is 57.9 Å². The molecule has 4 heteroatoms. The highest BCUT2D eigenvalue weighted by Gasteiger charge is 2.30. The van der Waals surface area contributed by atoms with Gasteiger partial charge < -0.3 is 10.6 Å². The van der Waals surface area contributed by atoms with Gasteiger partial charge in [-0.25, -0.2) is 0 Å². The zero-order valence-electron chi connectivity index (χ0n) is 11.4. The first kappa shape index (κ1) is 12.0. The highest BCUT2D eigenvalue weighted by atomic mass is 15.3. The zero-order valence-corrected chi connectivity index (χ0v) is 11.4. The van der Waals surface area contributed by atoms with Gasteiger partial charge in [-0.2, -0.15) is 5.10 Å². The van der Waals surface area contributed by atoms with Crippen molar-refractivity contribution in [1.82, 2.24) is 10.2 Å². The number of H-pyrrole nitrogens is 1. The molecule has 100 valence electrons. The Hall–Kier alpha value is -1.03. The molecule has 0 radical (unpaired) electrons. The summed E-state index contributed by atoms with van der Waals surface area (Å²) in [6, 6.07) is 0.382. The lowest BCUT2D eigenvalue weighted by Gasteiger charge is -2.33. The van der Waals surface area contributed by atoms with Crippen LogP contribution in [0.25, 0.3) is 0 Å². The van der Waals surface area contributed by atoms with Crippen LogP contribution in [0.15, 0.2) is 0 Å². The van der Waals surface area contributed by atoms with Crippen LogP contribution in [0.4, 0.5) is 5.82 Å². The summed E-state index contributed by atoms with van der Waals surface area (Å²) in [6.45, 7) is 6.75. The molecule has 0 aromatic carbocycles. The molecule has 0 saturated carbocycles. The Kier molecular flexibility index (Phi) is 3.06. The minimum absolute atomic E-state index is 0.382. The van der Waals surface area contributed by atoms with E-state index in [4.69, 9.17) is 5.73 Å². The smallest absolute Gasteiger partial charge is 0.154 e. The van der Waals surface area contributed by atoms with Gasteiger partial charge in [0.15, 0.2) is 5.82 Å². The third-order valence-electron chi connectivity index (χ3n) is 4.67. The Labute approximate surface area is 109 Å². The summed E-state index contributed by atoms with van der Waals surface area (Å²) < 4.78 is 0. The van der Waals surface area contributed by atoms with E-state index in [0.717, 1.165) is 25.9 Å². The Balaban J connectivity index is 1.89. The Morgan fingerprint density at radius 1 is 1.11 bits per heavy atom. The normalized spacial score (nSPS) is 29.4. The number of hydrogen-bond acceptors (Lipinski definition) is 3. The average Bonchev–Trinajstić information content (AvgIpc) is 2.81. The molecule has 0 bridgehead atoms. The summed E-state index contributed by atoms with van der Waals surface area (Å²) in [5.74, 6) is 2.47. The predicted octanol–water partition coefficient (Wildman–Crippen LogP) is 2.34. The van der Waals surface area contributed by atoms with Crippen molar-refractivity contribution in [3.05, 3.63) is 11.3 Å². The number of aromatic amines is 1. The van der Waals surface area contributed by atoms with Gasteiger partial charge in [0, 0.05) is 30.4 Å². The van der Waals surface area contributed by atoms with Gasteiger partial charge in [-0.15, -0.1) is 0 Å². The SMILES string of the molecule is CC1CCC(C)c2c(N3CCC(N)CC3)n[nH]c21. The summed E-state index contributed by atoms with van der Waals surface area (Å²) in [5.41, 5.74) is 8.83. The number of rotatable bonds is 1. The van der Waals surface area contributed by atoms with Crippen molar-refractivity contribution in [3.8, 4) is 0 Å². The van der Waals surface area contributed by atoms with Gasteiger partial charge in [-0.05, 0) is 37.5 Å². The van der Waals surface area contributed by atoms with E-state index in [1.54, 1.807) is 0 Å². The van der Waals surface area contributed by atoms with Crippen LogP contribution in [0, 0.1) is 0 Å². The fourth-order valence-corrected chi connectivity index (χ4v) is 3.36. The highest BCUT2D eigenvalue weighted by molar-refractivity contribution is 5.53. The van der Waals surface area contributed by atoms with Crippen LogP contribution in [0.1, 0.15) is 62.6 Å². The van der Waals surface area contributed by atoms with Crippen molar-refractivity contribution in [2.75, 3.05) is 18.0 Å². The third-order valence-corrected chi connectivity index (χ3v) is 4.67. The van der Waals surface area contributed by atoms with E-state index < -0.39 is 0 Å². The maximum absolute atomic E-state index is 5.98. The van der Waals surface area contributed by atoms with Crippen LogP contribution in [0.3, 0.4) is 0 Å². The van der Waals surface area contributed by atoms with E-state index in [1.165, 1.54) is 29.9 Å². The van der Waals surface area contributed by atoms with Gasteiger partial charge >= 0.3 is 0 Å². The molecular formula is C14H24N4. The maximum Gasteiger partial charge on any atom is 0.154 e. The zero-order chi connectivity index (χ0) is 12.7. The van der Waals surface area contributed by atoms with E-state index in [9.17, 15) is 0 Å². The Bertz CT molecular complexity index is 417. The van der Waals surface area contributed by atoms with Gasteiger partial charge in [-0.1, -0.05) is 13.8 Å². The molecule has 2 heterocycles. The second-order valence-corrected chi connectivity index (χ2v) is 6.08. The monoisotopic (exact) mass is 248 g/mol. The van der Waals surface area contributed by atoms with Crippen molar-refractivity contribution in [2.24, 2.45) is 5.73 Å². The van der Waals surface area contributed by atoms with E-state index >= 15 is 0 Å². The van der Waals surface area contributed by atoms with Crippen LogP contribution in [0.5, 0.6) is 0 Å². The highest BCUT2D eigenvalue weighted by Crippen LogP contribution is 2.42. The quantitative estimate of drug-likeness (QED) is 0.802. The van der Waals surface area contributed by atoms with Crippen molar-refractivity contribution in [1.29, 1.82) is 0 Å². The summed E-state index contributed by atoms with van der Waals surface area (Å²) in [4.78, 5) is 2.42. The van der Waals surface area contributed by atoms with E-state index in [1.807, 2.05) is 0 Å². The molecule has 2 unspecified atom stereocenters. The van der Waals surface area contributed by atoms with E-state index in [0.29, 0.717) is 17.9 Å². The van der Waals surface area contributed by atoms with Gasteiger partial charge in [0.1, 0.15) is 0 Å². The molecule has 2 aliphatic rings. The molecule has 2 atom stereocenters. The van der Waals surface area contributed by atoms with Gasteiger partial charge in [0.2, 0.25) is 0 Å². The van der Waals surface area contributed by atoms with Gasteiger partial charge in [-0.3, -0.25) is 5.10 Å². The molecule has 1 aromatic rings. The van der Waals surface area contributed by atoms with Crippen LogP contribution in [0.2, 0.25) is 0 Å². The van der Waals surface area contributed by atoms with Crippen LogP contribution < -0.4 is 10.6 Å². The second-order valence-electron chi connectivity index (χ2n) is 6.08. The van der Waals surface area contributed by atoms with Crippen LogP contribution in [-0.2, 0) is 0 Å². The van der Waals surface area contributed by atoms with Crippen LogP contribution >= 0.6 is 0 Å². The summed E-state index contributed by atoms with van der Waals surface area (Å²) in [7, 11) is 0. The largest absolute Gasteiger partial charge is 0.355 e. The molecule has 0 amide bonds. The minimum Gasteiger partial charge on any atom is -0.355 e. The number of aromatic nitrogens is 2. The number of piperidine rings is 1. The number of nitrogens with zero attached hydrogens (tertiary/aromatic N) is 2. The molecule has 3 N–H and O–H groups in total. The number of nitrogens with one attached hydrogen (secondary N) is 1. The lowest BCUT2D eigenvalue weighted by Crippen LogP contribution is -2.40. The number of nitrogens with two attached hydrogens (primary N) is 1. The first-order valence-electron chi connectivity index (χ1n) is 7.25. The van der Waals surface area contributed by atoms with Crippen molar-refractivity contribution in [3.63, 3.8) is 0 Å². The molecule has 0 spiro atoms. The molecule has 1 aliphatic carbocycles. The summed E-state index contributed by atoms with van der Waals surface area (Å²) in [5, 5.41) is 7.90. The number of anilines is 1. The molecule has 1 aromatic heterocycles. The molecule has 1 fully saturated rings. The number of hydrogen-bond donors (Lipinski definition) is 2. The lowest BCUT2D eigenvalue weighted by molar-refractivity contribution is 0.492. The fourth-order valence-electron chi connectivity index (χ4n) is 3.36. The number of fused-ring (bicyclic) bond motifs is 1. The van der Waals surface area contributed by atoms with E-state index in [-0.39, 0.29) is 0 Å². The summed E-state index contributed by atoms with van der Waals surface area (Å²) >= 11 is 0.